The summed E-state index contributed by atoms with van der Waals surface area (Å²) in [6.45, 7) is 7.73. The summed E-state index contributed by atoms with van der Waals surface area (Å²) in [5.41, 5.74) is 5.22. The lowest BCUT2D eigenvalue weighted by atomic mass is 9.86. The Hall–Kier alpha value is -4.29. The topological polar surface area (TPSA) is 108 Å². The maximum absolute atomic E-state index is 13.2. The van der Waals surface area contributed by atoms with E-state index in [-0.39, 0.29) is 6.03 Å². The van der Waals surface area contributed by atoms with E-state index >= 15 is 0 Å². The Kier molecular flexibility index (Phi) is 5.46. The molecule has 4 heterocycles. The summed E-state index contributed by atoms with van der Waals surface area (Å²) in [5, 5.41) is 13.0. The van der Waals surface area contributed by atoms with Gasteiger partial charge in [0.25, 0.3) is 0 Å². The molecule has 172 valence electrons. The van der Waals surface area contributed by atoms with Gasteiger partial charge >= 0.3 is 6.03 Å². The number of aromatic nitrogens is 4. The number of pyridine rings is 2. The van der Waals surface area contributed by atoms with Gasteiger partial charge in [-0.1, -0.05) is 30.5 Å². The van der Waals surface area contributed by atoms with Crippen LogP contribution in [0, 0.1) is 11.3 Å². The van der Waals surface area contributed by atoms with Crippen molar-refractivity contribution in [1.82, 2.24) is 25.3 Å². The number of nitriles is 1. The van der Waals surface area contributed by atoms with Crippen LogP contribution in [0.3, 0.4) is 0 Å². The molecule has 35 heavy (non-hydrogen) atoms. The highest BCUT2D eigenvalue weighted by Gasteiger charge is 2.31. The third kappa shape index (κ3) is 3.88. The number of hydrogen-bond donors (Lipinski definition) is 1. The molecule has 5 rings (SSSR count). The Morgan fingerprint density at radius 3 is 2.43 bits per heavy atom. The van der Waals surface area contributed by atoms with Crippen LogP contribution < -0.4 is 10.2 Å². The number of hydrogen-bond acceptors (Lipinski definition) is 7. The molecule has 4 aromatic rings. The third-order valence-corrected chi connectivity index (χ3v) is 6.50. The molecule has 1 aromatic carbocycles. The first kappa shape index (κ1) is 22.5. The van der Waals surface area contributed by atoms with E-state index in [1.165, 1.54) is 11.8 Å². The predicted molar refractivity (Wildman–Crippen MR) is 137 cm³/mol. The third-order valence-electron chi connectivity index (χ3n) is 5.93. The van der Waals surface area contributed by atoms with Crippen LogP contribution in [0.15, 0.2) is 66.7 Å². The standard InChI is InChI=1S/C26H21N7OS/c1-15-19-13-28-21-10-9-20(16-11-29-24(35-4)30-12-16)32-22(21)23(19)33(25(34)31-15)18-7-5-17(6-8-18)26(2,3)14-27/h5-13H,1H2,2-4H3,(H,31,34). The number of amides is 2. The average Bonchev–Trinajstić information content (AvgIpc) is 2.88. The molecule has 0 saturated heterocycles. The van der Waals surface area contributed by atoms with Crippen LogP contribution in [0.5, 0.6) is 0 Å². The van der Waals surface area contributed by atoms with Crippen LogP contribution in [0.4, 0.5) is 16.2 Å². The van der Waals surface area contributed by atoms with Gasteiger partial charge in [0.05, 0.1) is 34.1 Å². The van der Waals surface area contributed by atoms with E-state index in [1.807, 2.05) is 56.5 Å². The number of anilines is 2. The highest BCUT2D eigenvalue weighted by atomic mass is 32.2. The van der Waals surface area contributed by atoms with Crippen molar-refractivity contribution in [2.75, 3.05) is 11.2 Å². The first-order chi connectivity index (χ1) is 16.8. The van der Waals surface area contributed by atoms with Crippen molar-refractivity contribution in [3.8, 4) is 17.3 Å². The zero-order valence-electron chi connectivity index (χ0n) is 19.4. The molecule has 9 heteroatoms. The number of rotatable bonds is 4. The van der Waals surface area contributed by atoms with Gasteiger partial charge in [0.15, 0.2) is 5.16 Å². The van der Waals surface area contributed by atoms with Crippen molar-refractivity contribution in [1.29, 1.82) is 5.26 Å². The molecule has 0 fully saturated rings. The highest BCUT2D eigenvalue weighted by Crippen LogP contribution is 2.40. The van der Waals surface area contributed by atoms with Crippen molar-refractivity contribution < 1.29 is 4.79 Å². The van der Waals surface area contributed by atoms with E-state index in [4.69, 9.17) is 4.98 Å². The lowest BCUT2D eigenvalue weighted by Gasteiger charge is -2.32. The zero-order chi connectivity index (χ0) is 24.7. The Morgan fingerprint density at radius 2 is 1.77 bits per heavy atom. The molecule has 1 aliphatic rings. The van der Waals surface area contributed by atoms with Crippen molar-refractivity contribution in [3.05, 3.63) is 72.7 Å². The second-order valence-electron chi connectivity index (χ2n) is 8.57. The molecule has 0 atom stereocenters. The molecule has 1 aliphatic heterocycles. The number of fused-ring (bicyclic) bond motifs is 3. The van der Waals surface area contributed by atoms with Gasteiger partial charge in [0.2, 0.25) is 0 Å². The number of nitrogens with zero attached hydrogens (tertiary/aromatic N) is 6. The molecule has 8 nitrogen and oxygen atoms in total. The Labute approximate surface area is 206 Å². The summed E-state index contributed by atoms with van der Waals surface area (Å²) in [5.74, 6) is 0. The van der Waals surface area contributed by atoms with Gasteiger partial charge in [-0.2, -0.15) is 5.26 Å². The maximum atomic E-state index is 13.2. The van der Waals surface area contributed by atoms with E-state index in [0.717, 1.165) is 11.1 Å². The molecule has 0 bridgehead atoms. The summed E-state index contributed by atoms with van der Waals surface area (Å²) in [6, 6.07) is 13.1. The first-order valence-corrected chi connectivity index (χ1v) is 12.0. The minimum Gasteiger partial charge on any atom is -0.307 e. The summed E-state index contributed by atoms with van der Waals surface area (Å²) in [7, 11) is 0. The van der Waals surface area contributed by atoms with Gasteiger partial charge in [0, 0.05) is 35.4 Å². The normalized spacial score (nSPS) is 13.4. The lowest BCUT2D eigenvalue weighted by Crippen LogP contribution is -2.40. The van der Waals surface area contributed by atoms with Crippen molar-refractivity contribution in [2.24, 2.45) is 0 Å². The minimum atomic E-state index is -0.643. The number of carbonyl (C=O) groups excluding carboxylic acids is 1. The predicted octanol–water partition coefficient (Wildman–Crippen LogP) is 5.44. The molecule has 0 saturated carbocycles. The smallest absolute Gasteiger partial charge is 0.307 e. The fourth-order valence-corrected chi connectivity index (χ4v) is 4.22. The van der Waals surface area contributed by atoms with Crippen LogP contribution in [0.1, 0.15) is 25.0 Å². The number of urea groups is 1. The van der Waals surface area contributed by atoms with Gasteiger partial charge in [-0.25, -0.2) is 19.7 Å². The van der Waals surface area contributed by atoms with Crippen molar-refractivity contribution in [3.63, 3.8) is 0 Å². The van der Waals surface area contributed by atoms with E-state index in [2.05, 4.69) is 32.9 Å². The van der Waals surface area contributed by atoms with E-state index in [1.54, 1.807) is 23.5 Å². The monoisotopic (exact) mass is 479 g/mol. The average molecular weight is 480 g/mol. The van der Waals surface area contributed by atoms with Crippen LogP contribution in [-0.4, -0.2) is 32.2 Å². The van der Waals surface area contributed by atoms with Gasteiger partial charge in [0.1, 0.15) is 5.52 Å². The summed E-state index contributed by atoms with van der Waals surface area (Å²) in [6.07, 6.45) is 7.07. The van der Waals surface area contributed by atoms with Crippen LogP contribution in [-0.2, 0) is 5.41 Å². The summed E-state index contributed by atoms with van der Waals surface area (Å²) < 4.78 is 0. The lowest BCUT2D eigenvalue weighted by molar-refractivity contribution is 0.251. The van der Waals surface area contributed by atoms with Gasteiger partial charge in [-0.05, 0) is 49.9 Å². The first-order valence-electron chi connectivity index (χ1n) is 10.8. The fraction of sp³-hybridized carbons (Fsp3) is 0.154. The fourth-order valence-electron chi connectivity index (χ4n) is 3.91. The Morgan fingerprint density at radius 1 is 1.06 bits per heavy atom. The molecule has 3 aromatic heterocycles. The van der Waals surface area contributed by atoms with E-state index < -0.39 is 5.41 Å². The molecule has 0 aliphatic carbocycles. The molecule has 0 radical (unpaired) electrons. The molecule has 2 amide bonds. The minimum absolute atomic E-state index is 0.345. The van der Waals surface area contributed by atoms with Gasteiger partial charge in [-0.15, -0.1) is 0 Å². The summed E-state index contributed by atoms with van der Waals surface area (Å²) in [4.78, 5) is 32.9. The molecular formula is C26H21N7OS. The summed E-state index contributed by atoms with van der Waals surface area (Å²) >= 11 is 1.46. The number of benzene rings is 1. The second kappa shape index (κ2) is 8.49. The van der Waals surface area contributed by atoms with Crippen LogP contribution >= 0.6 is 11.8 Å². The van der Waals surface area contributed by atoms with Crippen LogP contribution in [0.2, 0.25) is 0 Å². The Bertz CT molecular complexity index is 1520. The van der Waals surface area contributed by atoms with E-state index in [0.29, 0.717) is 44.5 Å². The molecule has 0 unspecified atom stereocenters. The quantitative estimate of drug-likeness (QED) is 0.307. The SMILES string of the molecule is C=C1NC(=O)N(c2ccc(C(C)(C)C#N)cc2)c2c1cnc1ccc(-c3cnc(SC)nc3)nc21. The van der Waals surface area contributed by atoms with Gasteiger partial charge in [-0.3, -0.25) is 9.88 Å². The largest absolute Gasteiger partial charge is 0.331 e. The number of carbonyl (C=O) groups is 1. The molecule has 0 spiro atoms. The maximum Gasteiger partial charge on any atom is 0.331 e. The van der Waals surface area contributed by atoms with Crippen molar-refractivity contribution >= 4 is 45.9 Å². The van der Waals surface area contributed by atoms with Crippen molar-refractivity contribution in [2.45, 2.75) is 24.4 Å². The second-order valence-corrected chi connectivity index (χ2v) is 9.34. The number of nitrogens with one attached hydrogen (secondary N) is 1. The molecular weight excluding hydrogens is 458 g/mol. The van der Waals surface area contributed by atoms with E-state index in [9.17, 15) is 10.1 Å². The van der Waals surface area contributed by atoms with Gasteiger partial charge < -0.3 is 5.32 Å². The Balaban J connectivity index is 1.68. The highest BCUT2D eigenvalue weighted by molar-refractivity contribution is 7.98. The molecule has 1 N–H and O–H groups in total. The number of thioether (sulfide) groups is 1. The van der Waals surface area contributed by atoms with Crippen LogP contribution in [0.25, 0.3) is 28.0 Å². The zero-order valence-corrected chi connectivity index (χ0v) is 20.2.